The van der Waals surface area contributed by atoms with Gasteiger partial charge in [-0.1, -0.05) is 11.2 Å². The summed E-state index contributed by atoms with van der Waals surface area (Å²) in [6.45, 7) is 7.26. The average molecular weight is 696 g/mol. The zero-order valence-corrected chi connectivity index (χ0v) is 29.7. The van der Waals surface area contributed by atoms with Gasteiger partial charge in [-0.3, -0.25) is 4.90 Å². The molecule has 0 saturated carbocycles. The Balaban J connectivity index is 1.31. The van der Waals surface area contributed by atoms with Crippen molar-refractivity contribution in [1.29, 1.82) is 5.26 Å². The first-order valence-corrected chi connectivity index (χ1v) is 18.4. The molecule has 4 N–H and O–H groups in total. The Morgan fingerprint density at radius 1 is 1.22 bits per heavy atom. The number of nitrogens with two attached hydrogens (primary N) is 2. The van der Waals surface area contributed by atoms with E-state index in [1.54, 1.807) is 6.20 Å². The third-order valence-electron chi connectivity index (χ3n) is 11.4. The van der Waals surface area contributed by atoms with Crippen molar-refractivity contribution >= 4 is 39.0 Å². The van der Waals surface area contributed by atoms with Crippen LogP contribution in [0.4, 0.5) is 21.0 Å². The van der Waals surface area contributed by atoms with Gasteiger partial charge in [-0.15, -0.1) is 11.3 Å². The molecule has 260 valence electrons. The molecule has 5 aromatic heterocycles. The number of aryl methyl sites for hydroxylation is 1. The highest BCUT2D eigenvalue weighted by atomic mass is 32.1. The van der Waals surface area contributed by atoms with Gasteiger partial charge in [-0.25, -0.2) is 24.0 Å². The fourth-order valence-electron chi connectivity index (χ4n) is 9.00. The van der Waals surface area contributed by atoms with Gasteiger partial charge in [0, 0.05) is 41.3 Å². The number of anilines is 3. The first kappa shape index (κ1) is 32.6. The smallest absolute Gasteiger partial charge is 0.186 e. The molecule has 5 atom stereocenters. The number of aromatic nitrogens is 6. The number of nitrogens with zero attached hydrogens (tertiary/aromatic N) is 9. The lowest BCUT2D eigenvalue weighted by Crippen LogP contribution is -2.35. The molecule has 8 rings (SSSR count). The molecule has 6 heterocycles. The van der Waals surface area contributed by atoms with E-state index in [1.807, 2.05) is 30.1 Å². The lowest BCUT2D eigenvalue weighted by atomic mass is 9.63. The number of rotatable bonds is 7. The summed E-state index contributed by atoms with van der Waals surface area (Å²) in [5, 5.41) is 21.1. The molecule has 1 aliphatic heterocycles. The van der Waals surface area contributed by atoms with E-state index in [0.717, 1.165) is 66.4 Å². The SMILES string of the molecule is CCN(c1nc(-c2noc3c2CCCC32CCCc3sc(N)c(C#N)c32)nc2c1cnn2C(C)C1CC(F)CN1C)C(C)c1cccnc1N. The van der Waals surface area contributed by atoms with E-state index >= 15 is 0 Å². The monoisotopic (exact) mass is 695 g/mol. The summed E-state index contributed by atoms with van der Waals surface area (Å²) >= 11 is 1.53. The molecule has 0 amide bonds. The number of thiophene rings is 1. The van der Waals surface area contributed by atoms with Crippen LogP contribution in [-0.4, -0.2) is 67.1 Å². The minimum absolute atomic E-state index is 0.0427. The van der Waals surface area contributed by atoms with Gasteiger partial charge in [-0.2, -0.15) is 10.4 Å². The summed E-state index contributed by atoms with van der Waals surface area (Å²) in [4.78, 5) is 20.2. The standard InChI is InChI=1S/C36H42FN11OS/c1-5-47(19(2)22-10-8-14-41-31(22)39)34-25-17-42-48(20(3)26-15-21(37)18-46(26)4)35(25)44-33(43-34)29-23-9-6-12-36(30(23)49-45-29)13-7-11-27-28(36)24(16-38)32(40)50-27/h8,10,14,17,19-21,26H,5-7,9,11-13,15,18,40H2,1-4H3,(H2,39,41). The number of hydrogen-bond acceptors (Lipinski definition) is 12. The molecule has 1 saturated heterocycles. The lowest BCUT2D eigenvalue weighted by molar-refractivity contribution is 0.231. The summed E-state index contributed by atoms with van der Waals surface area (Å²) < 4.78 is 22.8. The molecule has 5 unspecified atom stereocenters. The molecule has 0 bridgehead atoms. The van der Waals surface area contributed by atoms with Gasteiger partial charge in [0.1, 0.15) is 28.9 Å². The molecule has 3 aliphatic rings. The van der Waals surface area contributed by atoms with Crippen LogP contribution in [0.25, 0.3) is 22.6 Å². The molecule has 2 aliphatic carbocycles. The minimum atomic E-state index is -0.884. The zero-order chi connectivity index (χ0) is 34.9. The van der Waals surface area contributed by atoms with E-state index in [1.165, 1.54) is 16.2 Å². The predicted molar refractivity (Wildman–Crippen MR) is 192 cm³/mol. The third-order valence-corrected chi connectivity index (χ3v) is 12.5. The van der Waals surface area contributed by atoms with Gasteiger partial charge in [0.2, 0.25) is 0 Å². The highest BCUT2D eigenvalue weighted by Crippen LogP contribution is 2.55. The summed E-state index contributed by atoms with van der Waals surface area (Å²) in [6.07, 6.45) is 8.32. The molecule has 0 aromatic carbocycles. The Kier molecular flexibility index (Phi) is 8.02. The Bertz CT molecular complexity index is 2130. The summed E-state index contributed by atoms with van der Waals surface area (Å²) in [5.41, 5.74) is 17.0. The average Bonchev–Trinajstić information content (AvgIpc) is 3.89. The lowest BCUT2D eigenvalue weighted by Gasteiger charge is -2.39. The van der Waals surface area contributed by atoms with Crippen molar-refractivity contribution < 1.29 is 8.91 Å². The van der Waals surface area contributed by atoms with Crippen molar-refractivity contribution in [2.45, 2.75) is 95.4 Å². The third kappa shape index (κ3) is 4.88. The van der Waals surface area contributed by atoms with E-state index in [-0.39, 0.29) is 18.1 Å². The van der Waals surface area contributed by atoms with Crippen LogP contribution in [0.2, 0.25) is 0 Å². The topological polar surface area (TPSA) is 165 Å². The number of hydrogen-bond donors (Lipinski definition) is 2. The van der Waals surface area contributed by atoms with Crippen LogP contribution in [0.3, 0.4) is 0 Å². The van der Waals surface area contributed by atoms with Crippen LogP contribution in [0.5, 0.6) is 0 Å². The van der Waals surface area contributed by atoms with Crippen LogP contribution < -0.4 is 16.4 Å². The maximum absolute atomic E-state index is 14.6. The summed E-state index contributed by atoms with van der Waals surface area (Å²) in [5.74, 6) is 2.40. The number of fused-ring (bicyclic) bond motifs is 5. The van der Waals surface area contributed by atoms with Gasteiger partial charge >= 0.3 is 0 Å². The number of nitrogen functional groups attached to an aromatic ring is 2. The molecule has 1 fully saturated rings. The van der Waals surface area contributed by atoms with Gasteiger partial charge in [-0.05, 0) is 84.4 Å². The van der Waals surface area contributed by atoms with Crippen molar-refractivity contribution in [2.24, 2.45) is 0 Å². The zero-order valence-electron chi connectivity index (χ0n) is 28.9. The number of likely N-dealkylation sites (tertiary alicyclic amines) is 1. The summed E-state index contributed by atoms with van der Waals surface area (Å²) in [6, 6.07) is 5.92. The number of alkyl halides is 1. The largest absolute Gasteiger partial charge is 0.389 e. The second-order valence-electron chi connectivity index (χ2n) is 14.1. The van der Waals surface area contributed by atoms with E-state index in [2.05, 4.69) is 41.6 Å². The molecule has 1 spiro atoms. The molecule has 14 heteroatoms. The van der Waals surface area contributed by atoms with Crippen molar-refractivity contribution in [2.75, 3.05) is 36.5 Å². The van der Waals surface area contributed by atoms with Crippen molar-refractivity contribution in [3.05, 3.63) is 57.4 Å². The first-order valence-electron chi connectivity index (χ1n) is 17.5. The number of likely N-dealkylation sites (N-methyl/N-ethyl adjacent to an activating group) is 1. The maximum atomic E-state index is 14.6. The van der Waals surface area contributed by atoms with Crippen LogP contribution in [-0.2, 0) is 18.3 Å². The number of halogens is 1. The van der Waals surface area contributed by atoms with Gasteiger partial charge in [0.05, 0.1) is 34.6 Å². The van der Waals surface area contributed by atoms with Crippen molar-refractivity contribution in [3.8, 4) is 17.6 Å². The van der Waals surface area contributed by atoms with Gasteiger partial charge in [0.25, 0.3) is 0 Å². The Morgan fingerprint density at radius 2 is 2.02 bits per heavy atom. The number of nitriles is 1. The van der Waals surface area contributed by atoms with E-state index in [9.17, 15) is 9.65 Å². The fraction of sp³-hybridized carbons (Fsp3) is 0.500. The second kappa shape index (κ2) is 12.3. The van der Waals surface area contributed by atoms with E-state index in [0.29, 0.717) is 58.9 Å². The Labute approximate surface area is 294 Å². The molecule has 0 radical (unpaired) electrons. The molecule has 50 heavy (non-hydrogen) atoms. The molecule has 12 nitrogen and oxygen atoms in total. The predicted octanol–water partition coefficient (Wildman–Crippen LogP) is 6.12. The van der Waals surface area contributed by atoms with Crippen LogP contribution >= 0.6 is 11.3 Å². The Morgan fingerprint density at radius 3 is 2.74 bits per heavy atom. The van der Waals surface area contributed by atoms with Gasteiger partial charge in [0.15, 0.2) is 22.9 Å². The molecular formula is C36H42FN11OS. The maximum Gasteiger partial charge on any atom is 0.186 e. The highest BCUT2D eigenvalue weighted by molar-refractivity contribution is 7.16. The fourth-order valence-corrected chi connectivity index (χ4v) is 10.2. The van der Waals surface area contributed by atoms with E-state index < -0.39 is 11.6 Å². The quantitative estimate of drug-likeness (QED) is 0.201. The van der Waals surface area contributed by atoms with E-state index in [4.69, 9.17) is 36.2 Å². The highest BCUT2D eigenvalue weighted by Gasteiger charge is 2.49. The van der Waals surface area contributed by atoms with Crippen molar-refractivity contribution in [3.63, 3.8) is 0 Å². The van der Waals surface area contributed by atoms with Crippen molar-refractivity contribution in [1.82, 2.24) is 34.8 Å². The van der Waals surface area contributed by atoms with Gasteiger partial charge < -0.3 is 20.9 Å². The molecule has 5 aromatic rings. The molecular weight excluding hydrogens is 654 g/mol. The minimum Gasteiger partial charge on any atom is -0.389 e. The first-order chi connectivity index (χ1) is 24.2. The normalized spacial score (nSPS) is 23.1. The van der Waals surface area contributed by atoms with Crippen LogP contribution in [0, 0.1) is 11.3 Å². The Hall–Kier alpha value is -4.61. The number of pyridine rings is 1. The summed E-state index contributed by atoms with van der Waals surface area (Å²) in [7, 11) is 1.96. The van der Waals surface area contributed by atoms with Crippen LogP contribution in [0.15, 0.2) is 29.0 Å². The van der Waals surface area contributed by atoms with Crippen LogP contribution in [0.1, 0.15) is 97.9 Å². The second-order valence-corrected chi connectivity index (χ2v) is 15.2.